The maximum atomic E-state index is 12.3. The number of aliphatic carboxylic acids is 1. The predicted molar refractivity (Wildman–Crippen MR) is 74.2 cm³/mol. The Bertz CT molecular complexity index is 515. The molecule has 20 heavy (non-hydrogen) atoms. The van der Waals surface area contributed by atoms with Crippen LogP contribution in [0.3, 0.4) is 0 Å². The molecular weight excluding hydrogens is 254 g/mol. The molecule has 0 bridgehead atoms. The fraction of sp³-hybridized carbons (Fsp3) is 0.500. The van der Waals surface area contributed by atoms with Gasteiger partial charge in [0, 0.05) is 12.0 Å². The van der Waals surface area contributed by atoms with E-state index in [-0.39, 0.29) is 23.8 Å². The van der Waals surface area contributed by atoms with Crippen molar-refractivity contribution in [3.05, 3.63) is 35.4 Å². The fourth-order valence-corrected chi connectivity index (χ4v) is 3.40. The van der Waals surface area contributed by atoms with Gasteiger partial charge >= 0.3 is 5.97 Å². The third-order valence-corrected chi connectivity index (χ3v) is 4.55. The number of fused-ring (bicyclic) bond motifs is 1. The molecule has 2 aliphatic carbocycles. The highest BCUT2D eigenvalue weighted by Crippen LogP contribution is 2.29. The van der Waals surface area contributed by atoms with Crippen molar-refractivity contribution in [2.24, 2.45) is 11.8 Å². The van der Waals surface area contributed by atoms with Crippen molar-refractivity contribution < 1.29 is 14.7 Å². The maximum absolute atomic E-state index is 12.3. The lowest BCUT2D eigenvalue weighted by molar-refractivity contribution is -0.141. The number of benzene rings is 1. The summed E-state index contributed by atoms with van der Waals surface area (Å²) in [6, 6.07) is 8.21. The Balaban J connectivity index is 1.56. The molecule has 0 radical (unpaired) electrons. The fourth-order valence-electron chi connectivity index (χ4n) is 3.40. The van der Waals surface area contributed by atoms with Crippen LogP contribution in [0.5, 0.6) is 0 Å². The number of hydrogen-bond acceptors (Lipinski definition) is 2. The van der Waals surface area contributed by atoms with E-state index in [0.717, 1.165) is 19.3 Å². The Morgan fingerprint density at radius 2 is 1.70 bits per heavy atom. The Kier molecular flexibility index (Phi) is 3.47. The number of carbonyl (C=O) groups is 2. The first-order chi connectivity index (χ1) is 9.63. The molecule has 2 unspecified atom stereocenters. The predicted octanol–water partition coefficient (Wildman–Crippen LogP) is 1.77. The summed E-state index contributed by atoms with van der Waals surface area (Å²) in [5.74, 6) is -0.940. The lowest BCUT2D eigenvalue weighted by Crippen LogP contribution is -2.38. The van der Waals surface area contributed by atoms with Crippen LogP contribution in [-0.2, 0) is 22.4 Å². The second-order valence-electron chi connectivity index (χ2n) is 5.93. The van der Waals surface area contributed by atoms with Gasteiger partial charge < -0.3 is 10.4 Å². The van der Waals surface area contributed by atoms with E-state index < -0.39 is 5.97 Å². The zero-order valence-corrected chi connectivity index (χ0v) is 11.3. The van der Waals surface area contributed by atoms with E-state index in [9.17, 15) is 9.59 Å². The number of carboxylic acid groups (broad SMARTS) is 1. The molecule has 0 spiro atoms. The minimum Gasteiger partial charge on any atom is -0.481 e. The van der Waals surface area contributed by atoms with Crippen molar-refractivity contribution in [3.8, 4) is 0 Å². The molecule has 2 aliphatic rings. The van der Waals surface area contributed by atoms with Crippen molar-refractivity contribution >= 4 is 11.9 Å². The van der Waals surface area contributed by atoms with Crippen LogP contribution >= 0.6 is 0 Å². The van der Waals surface area contributed by atoms with Gasteiger partial charge in [-0.15, -0.1) is 0 Å². The van der Waals surface area contributed by atoms with Crippen LogP contribution in [-0.4, -0.2) is 23.0 Å². The number of amides is 1. The lowest BCUT2D eigenvalue weighted by atomic mass is 10.0. The van der Waals surface area contributed by atoms with Gasteiger partial charge in [-0.2, -0.15) is 0 Å². The molecule has 4 heteroatoms. The molecule has 2 N–H and O–H groups in total. The van der Waals surface area contributed by atoms with Crippen LogP contribution < -0.4 is 5.32 Å². The molecule has 1 fully saturated rings. The van der Waals surface area contributed by atoms with Crippen LogP contribution in [0.2, 0.25) is 0 Å². The van der Waals surface area contributed by atoms with Gasteiger partial charge in [0.15, 0.2) is 0 Å². The van der Waals surface area contributed by atoms with Gasteiger partial charge in [-0.05, 0) is 43.2 Å². The van der Waals surface area contributed by atoms with Gasteiger partial charge in [0.1, 0.15) is 0 Å². The highest BCUT2D eigenvalue weighted by molar-refractivity contribution is 5.81. The largest absolute Gasteiger partial charge is 0.481 e. The summed E-state index contributed by atoms with van der Waals surface area (Å²) in [5, 5.41) is 12.0. The average molecular weight is 273 g/mol. The van der Waals surface area contributed by atoms with Gasteiger partial charge in [-0.1, -0.05) is 24.3 Å². The zero-order chi connectivity index (χ0) is 14.1. The summed E-state index contributed by atoms with van der Waals surface area (Å²) >= 11 is 0. The Hall–Kier alpha value is -1.84. The third kappa shape index (κ3) is 2.55. The normalized spacial score (nSPS) is 25.4. The summed E-state index contributed by atoms with van der Waals surface area (Å²) < 4.78 is 0. The zero-order valence-electron chi connectivity index (χ0n) is 11.3. The van der Waals surface area contributed by atoms with Crippen LogP contribution in [0.1, 0.15) is 30.4 Å². The van der Waals surface area contributed by atoms with E-state index in [1.54, 1.807) is 0 Å². The van der Waals surface area contributed by atoms with Crippen LogP contribution in [0.15, 0.2) is 24.3 Å². The molecule has 0 saturated heterocycles. The van der Waals surface area contributed by atoms with E-state index >= 15 is 0 Å². The first-order valence-corrected chi connectivity index (χ1v) is 7.23. The monoisotopic (exact) mass is 273 g/mol. The Labute approximate surface area is 118 Å². The molecule has 1 saturated carbocycles. The number of carboxylic acids is 1. The van der Waals surface area contributed by atoms with Crippen molar-refractivity contribution in [2.75, 3.05) is 0 Å². The topological polar surface area (TPSA) is 66.4 Å². The minimum atomic E-state index is -0.741. The lowest BCUT2D eigenvalue weighted by Gasteiger charge is -2.16. The summed E-state index contributed by atoms with van der Waals surface area (Å²) in [7, 11) is 0. The summed E-state index contributed by atoms with van der Waals surface area (Å²) in [4.78, 5) is 23.2. The number of carbonyl (C=O) groups excluding carboxylic acids is 1. The highest BCUT2D eigenvalue weighted by atomic mass is 16.4. The SMILES string of the molecule is O=C(O)C1CCC(NC(=O)C2Cc3ccccc3C2)C1. The Morgan fingerprint density at radius 3 is 2.25 bits per heavy atom. The van der Waals surface area contributed by atoms with E-state index in [0.29, 0.717) is 12.8 Å². The van der Waals surface area contributed by atoms with Crippen molar-refractivity contribution in [1.29, 1.82) is 0 Å². The van der Waals surface area contributed by atoms with Gasteiger partial charge in [-0.3, -0.25) is 9.59 Å². The van der Waals surface area contributed by atoms with Crippen molar-refractivity contribution in [2.45, 2.75) is 38.1 Å². The van der Waals surface area contributed by atoms with E-state index in [4.69, 9.17) is 5.11 Å². The van der Waals surface area contributed by atoms with Crippen LogP contribution in [0.4, 0.5) is 0 Å². The molecule has 1 aromatic carbocycles. The maximum Gasteiger partial charge on any atom is 0.306 e. The quantitative estimate of drug-likeness (QED) is 0.882. The molecule has 0 aliphatic heterocycles. The molecule has 3 rings (SSSR count). The standard InChI is InChI=1S/C16H19NO3/c18-15(17-14-6-5-12(9-14)16(19)20)13-7-10-3-1-2-4-11(10)8-13/h1-4,12-14H,5-9H2,(H,17,18)(H,19,20). The summed E-state index contributed by atoms with van der Waals surface area (Å²) in [6.45, 7) is 0. The first-order valence-electron chi connectivity index (χ1n) is 7.23. The van der Waals surface area contributed by atoms with Crippen molar-refractivity contribution in [3.63, 3.8) is 0 Å². The molecular formula is C16H19NO3. The Morgan fingerprint density at radius 1 is 1.05 bits per heavy atom. The number of rotatable bonds is 3. The molecule has 2 atom stereocenters. The summed E-state index contributed by atoms with van der Waals surface area (Å²) in [6.07, 6.45) is 3.63. The number of hydrogen-bond donors (Lipinski definition) is 2. The van der Waals surface area contributed by atoms with E-state index in [1.165, 1.54) is 11.1 Å². The molecule has 0 heterocycles. The van der Waals surface area contributed by atoms with Crippen molar-refractivity contribution in [1.82, 2.24) is 5.32 Å². The molecule has 4 nitrogen and oxygen atoms in total. The molecule has 1 aromatic rings. The molecule has 0 aromatic heterocycles. The van der Waals surface area contributed by atoms with E-state index in [2.05, 4.69) is 17.4 Å². The van der Waals surface area contributed by atoms with Gasteiger partial charge in [0.2, 0.25) is 5.91 Å². The second-order valence-corrected chi connectivity index (χ2v) is 5.93. The molecule has 1 amide bonds. The van der Waals surface area contributed by atoms with Gasteiger partial charge in [0.25, 0.3) is 0 Å². The second kappa shape index (κ2) is 5.27. The minimum absolute atomic E-state index is 0.0104. The summed E-state index contributed by atoms with van der Waals surface area (Å²) in [5.41, 5.74) is 2.53. The van der Waals surface area contributed by atoms with Crippen LogP contribution in [0, 0.1) is 11.8 Å². The first kappa shape index (κ1) is 13.2. The smallest absolute Gasteiger partial charge is 0.306 e. The van der Waals surface area contributed by atoms with Gasteiger partial charge in [0.05, 0.1) is 5.92 Å². The number of nitrogens with one attached hydrogen (secondary N) is 1. The van der Waals surface area contributed by atoms with E-state index in [1.807, 2.05) is 12.1 Å². The van der Waals surface area contributed by atoms with Gasteiger partial charge in [-0.25, -0.2) is 0 Å². The molecule has 106 valence electrons. The average Bonchev–Trinajstić information content (AvgIpc) is 3.04. The van der Waals surface area contributed by atoms with Crippen LogP contribution in [0.25, 0.3) is 0 Å². The highest BCUT2D eigenvalue weighted by Gasteiger charge is 2.33. The third-order valence-electron chi connectivity index (χ3n) is 4.55.